The van der Waals surface area contributed by atoms with Gasteiger partial charge in [-0.15, -0.1) is 5.10 Å². The summed E-state index contributed by atoms with van der Waals surface area (Å²) in [7, 11) is -3.38. The van der Waals surface area contributed by atoms with E-state index in [0.717, 1.165) is 22.4 Å². The third-order valence-electron chi connectivity index (χ3n) is 5.67. The molecule has 162 valence electrons. The van der Waals surface area contributed by atoms with E-state index in [1.807, 2.05) is 67.3 Å². The first-order chi connectivity index (χ1) is 14.8. The van der Waals surface area contributed by atoms with Gasteiger partial charge >= 0.3 is 0 Å². The molecule has 1 aliphatic heterocycles. The van der Waals surface area contributed by atoms with Crippen molar-refractivity contribution in [3.63, 3.8) is 0 Å². The van der Waals surface area contributed by atoms with Crippen molar-refractivity contribution in [2.24, 2.45) is 0 Å². The van der Waals surface area contributed by atoms with Crippen LogP contribution in [-0.4, -0.2) is 48.7 Å². The first-order valence-electron chi connectivity index (χ1n) is 10.3. The Labute approximate surface area is 182 Å². The van der Waals surface area contributed by atoms with E-state index in [1.165, 1.54) is 15.1 Å². The third-order valence-corrected chi connectivity index (χ3v) is 7.52. The molecule has 1 fully saturated rings. The molecule has 0 N–H and O–H groups in total. The van der Waals surface area contributed by atoms with Gasteiger partial charge in [-0.3, -0.25) is 4.79 Å². The van der Waals surface area contributed by atoms with Crippen LogP contribution < -0.4 is 10.5 Å². The summed E-state index contributed by atoms with van der Waals surface area (Å²) in [5, 5.41) is 4.55. The number of aryl methyl sites for hydroxylation is 2. The quantitative estimate of drug-likeness (QED) is 0.612. The van der Waals surface area contributed by atoms with Crippen LogP contribution in [0.15, 0.2) is 65.5 Å². The van der Waals surface area contributed by atoms with Gasteiger partial charge in [0.05, 0.1) is 11.4 Å². The number of aromatic nitrogens is 2. The predicted octanol–water partition coefficient (Wildman–Crippen LogP) is 2.50. The van der Waals surface area contributed by atoms with E-state index in [2.05, 4.69) is 5.10 Å². The average Bonchev–Trinajstić information content (AvgIpc) is 2.77. The number of hydrogen-bond donors (Lipinski definition) is 0. The van der Waals surface area contributed by atoms with Crippen LogP contribution >= 0.6 is 0 Å². The van der Waals surface area contributed by atoms with Gasteiger partial charge in [0.15, 0.2) is 0 Å². The van der Waals surface area contributed by atoms with Crippen LogP contribution in [0.5, 0.6) is 0 Å². The lowest BCUT2D eigenvalue weighted by Gasteiger charge is -2.34. The summed E-state index contributed by atoms with van der Waals surface area (Å²) in [6.07, 6.45) is 0. The normalized spacial score (nSPS) is 15.2. The second-order valence-electron chi connectivity index (χ2n) is 7.84. The molecule has 0 aliphatic carbocycles. The zero-order chi connectivity index (χ0) is 22.0. The summed E-state index contributed by atoms with van der Waals surface area (Å²) in [6, 6.07) is 18.2. The molecule has 1 aliphatic rings. The van der Waals surface area contributed by atoms with Crippen LogP contribution in [0.4, 0.5) is 5.82 Å². The number of rotatable bonds is 5. The zero-order valence-corrected chi connectivity index (χ0v) is 18.5. The van der Waals surface area contributed by atoms with Crippen LogP contribution in [0.1, 0.15) is 16.7 Å². The van der Waals surface area contributed by atoms with Gasteiger partial charge in [-0.2, -0.15) is 8.99 Å². The molecule has 0 unspecified atom stereocenters. The second-order valence-corrected chi connectivity index (χ2v) is 9.81. The second kappa shape index (κ2) is 8.64. The standard InChI is InChI=1S/C23H26N4O3S/c1-18-8-9-21(16-19(18)2)27-23(28)11-10-22(24-27)25-12-14-26(15-13-25)31(29,30)17-20-6-4-3-5-7-20/h3-11,16H,12-15,17H2,1-2H3. The van der Waals surface area contributed by atoms with Crippen molar-refractivity contribution in [2.75, 3.05) is 31.1 Å². The van der Waals surface area contributed by atoms with Crippen molar-refractivity contribution >= 4 is 15.8 Å². The van der Waals surface area contributed by atoms with Crippen LogP contribution in [0.2, 0.25) is 0 Å². The maximum absolute atomic E-state index is 12.8. The molecule has 31 heavy (non-hydrogen) atoms. The number of hydrogen-bond acceptors (Lipinski definition) is 5. The lowest BCUT2D eigenvalue weighted by molar-refractivity contribution is 0.382. The molecule has 0 saturated carbocycles. The van der Waals surface area contributed by atoms with Gasteiger partial charge in [-0.25, -0.2) is 8.42 Å². The van der Waals surface area contributed by atoms with Crippen molar-refractivity contribution in [3.8, 4) is 5.69 Å². The molecular formula is C23H26N4O3S. The molecule has 1 saturated heterocycles. The predicted molar refractivity (Wildman–Crippen MR) is 122 cm³/mol. The minimum Gasteiger partial charge on any atom is -0.353 e. The minimum absolute atomic E-state index is 0.00371. The monoisotopic (exact) mass is 438 g/mol. The molecule has 3 aromatic rings. The maximum Gasteiger partial charge on any atom is 0.271 e. The van der Waals surface area contributed by atoms with Gasteiger partial charge in [0.1, 0.15) is 5.82 Å². The van der Waals surface area contributed by atoms with Gasteiger partial charge in [0, 0.05) is 32.2 Å². The Hall–Kier alpha value is -2.97. The first-order valence-corrected chi connectivity index (χ1v) is 11.9. The van der Waals surface area contributed by atoms with Gasteiger partial charge in [-0.1, -0.05) is 36.4 Å². The van der Waals surface area contributed by atoms with E-state index in [1.54, 1.807) is 6.07 Å². The Balaban J connectivity index is 1.49. The molecule has 0 atom stereocenters. The van der Waals surface area contributed by atoms with Crippen LogP contribution in [0.25, 0.3) is 5.69 Å². The molecule has 0 radical (unpaired) electrons. The Bertz CT molecular complexity index is 1230. The van der Waals surface area contributed by atoms with Gasteiger partial charge < -0.3 is 4.90 Å². The molecule has 4 rings (SSSR count). The molecule has 2 aromatic carbocycles. The van der Waals surface area contributed by atoms with E-state index >= 15 is 0 Å². The number of nitrogens with zero attached hydrogens (tertiary/aromatic N) is 4. The van der Waals surface area contributed by atoms with Crippen molar-refractivity contribution in [2.45, 2.75) is 19.6 Å². The van der Waals surface area contributed by atoms with Crippen LogP contribution in [0.3, 0.4) is 0 Å². The topological polar surface area (TPSA) is 75.5 Å². The van der Waals surface area contributed by atoms with E-state index in [9.17, 15) is 13.2 Å². The highest BCUT2D eigenvalue weighted by molar-refractivity contribution is 7.88. The number of benzene rings is 2. The third kappa shape index (κ3) is 4.70. The average molecular weight is 439 g/mol. The van der Waals surface area contributed by atoms with Crippen molar-refractivity contribution in [1.82, 2.24) is 14.1 Å². The Morgan fingerprint density at radius 3 is 2.26 bits per heavy atom. The Kier molecular flexibility index (Phi) is 5.93. The number of sulfonamides is 1. The summed E-state index contributed by atoms with van der Waals surface area (Å²) >= 11 is 0. The smallest absolute Gasteiger partial charge is 0.271 e. The number of piperazine rings is 1. The van der Waals surface area contributed by atoms with Gasteiger partial charge in [0.25, 0.3) is 5.56 Å². The summed E-state index contributed by atoms with van der Waals surface area (Å²) < 4.78 is 28.5. The van der Waals surface area contributed by atoms with E-state index in [0.29, 0.717) is 32.0 Å². The summed E-state index contributed by atoms with van der Waals surface area (Å²) in [6.45, 7) is 5.84. The lowest BCUT2D eigenvalue weighted by Crippen LogP contribution is -2.49. The summed E-state index contributed by atoms with van der Waals surface area (Å²) in [5.74, 6) is 0.668. The minimum atomic E-state index is -3.38. The van der Waals surface area contributed by atoms with Crippen LogP contribution in [0, 0.1) is 13.8 Å². The molecule has 7 nitrogen and oxygen atoms in total. The lowest BCUT2D eigenvalue weighted by atomic mass is 10.1. The fourth-order valence-electron chi connectivity index (χ4n) is 3.68. The Morgan fingerprint density at radius 1 is 0.871 bits per heavy atom. The molecule has 0 bridgehead atoms. The number of anilines is 1. The zero-order valence-electron chi connectivity index (χ0n) is 17.7. The Morgan fingerprint density at radius 2 is 1.58 bits per heavy atom. The fourth-order valence-corrected chi connectivity index (χ4v) is 5.20. The molecule has 0 amide bonds. The van der Waals surface area contributed by atoms with Crippen molar-refractivity contribution in [1.29, 1.82) is 0 Å². The van der Waals surface area contributed by atoms with Gasteiger partial charge in [-0.05, 0) is 48.7 Å². The van der Waals surface area contributed by atoms with E-state index < -0.39 is 10.0 Å². The molecule has 0 spiro atoms. The van der Waals surface area contributed by atoms with E-state index in [4.69, 9.17) is 0 Å². The SMILES string of the molecule is Cc1ccc(-n2nc(N3CCN(S(=O)(=O)Cc4ccccc4)CC3)ccc2=O)cc1C. The molecular weight excluding hydrogens is 412 g/mol. The largest absolute Gasteiger partial charge is 0.353 e. The molecule has 1 aromatic heterocycles. The molecule has 8 heteroatoms. The van der Waals surface area contributed by atoms with Crippen molar-refractivity contribution < 1.29 is 8.42 Å². The highest BCUT2D eigenvalue weighted by Gasteiger charge is 2.27. The van der Waals surface area contributed by atoms with Gasteiger partial charge in [0.2, 0.25) is 10.0 Å². The summed E-state index contributed by atoms with van der Waals surface area (Å²) in [4.78, 5) is 14.4. The van der Waals surface area contributed by atoms with Crippen LogP contribution in [-0.2, 0) is 15.8 Å². The molecule has 2 heterocycles. The highest BCUT2D eigenvalue weighted by atomic mass is 32.2. The van der Waals surface area contributed by atoms with E-state index in [-0.39, 0.29) is 11.3 Å². The fraction of sp³-hybridized carbons (Fsp3) is 0.304. The van der Waals surface area contributed by atoms with Crippen molar-refractivity contribution in [3.05, 3.63) is 87.7 Å². The highest BCUT2D eigenvalue weighted by Crippen LogP contribution is 2.18. The maximum atomic E-state index is 12.8. The summed E-state index contributed by atoms with van der Waals surface area (Å²) in [5.41, 5.74) is 3.55. The first kappa shape index (κ1) is 21.3.